The zero-order valence-electron chi connectivity index (χ0n) is 37.3. The third-order valence-corrected chi connectivity index (χ3v) is 10.7. The van der Waals surface area contributed by atoms with Crippen molar-refractivity contribution >= 4 is 13.7 Å². The zero-order chi connectivity index (χ0) is 42.1. The summed E-state index contributed by atoms with van der Waals surface area (Å²) in [5.74, 6) is -0.179. The molecular formula is C48H87N2O6P. The van der Waals surface area contributed by atoms with E-state index in [2.05, 4.69) is 92.1 Å². The molecule has 9 heteroatoms. The van der Waals surface area contributed by atoms with Crippen molar-refractivity contribution in [1.29, 1.82) is 0 Å². The molecule has 0 heterocycles. The maximum atomic E-state index is 12.8. The van der Waals surface area contributed by atoms with Gasteiger partial charge in [0, 0.05) is 6.42 Å². The minimum atomic E-state index is -4.56. The quantitative estimate of drug-likeness (QED) is 0.0276. The molecule has 2 N–H and O–H groups in total. The lowest BCUT2D eigenvalue weighted by Crippen LogP contribution is -2.46. The Kier molecular flexibility index (Phi) is 38.0. The molecule has 57 heavy (non-hydrogen) atoms. The predicted molar refractivity (Wildman–Crippen MR) is 242 cm³/mol. The summed E-state index contributed by atoms with van der Waals surface area (Å²) in [6, 6.07) is -0.803. The van der Waals surface area contributed by atoms with Gasteiger partial charge in [0.25, 0.3) is 7.82 Å². The number of amides is 1. The number of aliphatic hydroxyl groups is 1. The van der Waals surface area contributed by atoms with E-state index >= 15 is 0 Å². The lowest BCUT2D eigenvalue weighted by atomic mass is 10.0. The molecule has 0 saturated heterocycles. The number of carbonyl (C=O) groups is 1. The Labute approximate surface area is 351 Å². The molecule has 3 atom stereocenters. The number of nitrogens with one attached hydrogen (secondary N) is 1. The van der Waals surface area contributed by atoms with Gasteiger partial charge in [0.05, 0.1) is 39.9 Å². The van der Waals surface area contributed by atoms with Gasteiger partial charge < -0.3 is 28.8 Å². The molecule has 8 nitrogen and oxygen atoms in total. The largest absolute Gasteiger partial charge is 0.756 e. The Bertz CT molecular complexity index is 1160. The number of allylic oxidation sites excluding steroid dienone is 12. The first-order valence-corrected chi connectivity index (χ1v) is 24.2. The first kappa shape index (κ1) is 54.9. The number of nitrogens with zero attached hydrogens (tertiary/aromatic N) is 1. The molecule has 0 rings (SSSR count). The van der Waals surface area contributed by atoms with Crippen LogP contribution in [0.2, 0.25) is 0 Å². The second-order valence-electron chi connectivity index (χ2n) is 16.4. The highest BCUT2D eigenvalue weighted by Gasteiger charge is 2.24. The molecule has 0 aliphatic carbocycles. The number of quaternary nitrogens is 1. The maximum Gasteiger partial charge on any atom is 0.268 e. The van der Waals surface area contributed by atoms with Crippen molar-refractivity contribution < 1.29 is 32.9 Å². The monoisotopic (exact) mass is 819 g/mol. The molecule has 330 valence electrons. The lowest BCUT2D eigenvalue weighted by molar-refractivity contribution is -0.870. The molecule has 0 aliphatic heterocycles. The highest BCUT2D eigenvalue weighted by molar-refractivity contribution is 7.45. The van der Waals surface area contributed by atoms with E-state index in [-0.39, 0.29) is 19.1 Å². The van der Waals surface area contributed by atoms with Gasteiger partial charge in [-0.05, 0) is 64.2 Å². The molecule has 0 aromatic rings. The number of hydrogen-bond donors (Lipinski definition) is 2. The summed E-state index contributed by atoms with van der Waals surface area (Å²) in [7, 11) is 1.29. The average Bonchev–Trinajstić information content (AvgIpc) is 3.16. The maximum absolute atomic E-state index is 12.8. The topological polar surface area (TPSA) is 108 Å². The minimum absolute atomic E-state index is 0.00729. The SMILES string of the molecule is CC/C=C\C/C=C\C/C=C\C/C=C\C/C=C\C/C=C\CCCCCCCCCCCCC(=O)NC(COP(=O)([O-])OCC[N+](C)(C)C)C(O)CCCCCCCC. The van der Waals surface area contributed by atoms with Crippen molar-refractivity contribution in [2.24, 2.45) is 0 Å². The van der Waals surface area contributed by atoms with Crippen LogP contribution in [0.1, 0.15) is 174 Å². The first-order chi connectivity index (χ1) is 27.5. The van der Waals surface area contributed by atoms with Crippen LogP contribution in [0.15, 0.2) is 72.9 Å². The van der Waals surface area contributed by atoms with Gasteiger partial charge in [0.1, 0.15) is 13.2 Å². The van der Waals surface area contributed by atoms with E-state index in [9.17, 15) is 19.4 Å². The number of hydrogen-bond acceptors (Lipinski definition) is 6. The van der Waals surface area contributed by atoms with Crippen LogP contribution in [0, 0.1) is 0 Å². The Hall–Kier alpha value is -2.06. The van der Waals surface area contributed by atoms with Crippen LogP contribution in [0.5, 0.6) is 0 Å². The fraction of sp³-hybridized carbons (Fsp3) is 0.729. The van der Waals surface area contributed by atoms with Crippen LogP contribution in [0.25, 0.3) is 0 Å². The van der Waals surface area contributed by atoms with Gasteiger partial charge in [-0.3, -0.25) is 9.36 Å². The zero-order valence-corrected chi connectivity index (χ0v) is 38.2. The summed E-state index contributed by atoms with van der Waals surface area (Å²) in [4.78, 5) is 25.2. The molecule has 0 radical (unpaired) electrons. The average molecular weight is 819 g/mol. The summed E-state index contributed by atoms with van der Waals surface area (Å²) in [6.07, 6.45) is 52.3. The van der Waals surface area contributed by atoms with Crippen molar-refractivity contribution in [2.45, 2.75) is 187 Å². The summed E-state index contributed by atoms with van der Waals surface area (Å²) in [5, 5.41) is 13.7. The number of unbranched alkanes of at least 4 members (excludes halogenated alkanes) is 15. The Morgan fingerprint density at radius 2 is 1.07 bits per heavy atom. The normalized spacial score (nSPS) is 15.0. The lowest BCUT2D eigenvalue weighted by Gasteiger charge is -2.30. The summed E-state index contributed by atoms with van der Waals surface area (Å²) in [5.41, 5.74) is 0. The highest BCUT2D eigenvalue weighted by Crippen LogP contribution is 2.38. The van der Waals surface area contributed by atoms with Crippen molar-refractivity contribution in [2.75, 3.05) is 40.9 Å². The van der Waals surface area contributed by atoms with Gasteiger partial charge in [-0.15, -0.1) is 0 Å². The van der Waals surface area contributed by atoms with Gasteiger partial charge in [-0.25, -0.2) is 0 Å². The minimum Gasteiger partial charge on any atom is -0.756 e. The highest BCUT2D eigenvalue weighted by atomic mass is 31.2. The molecule has 1 amide bonds. The van der Waals surface area contributed by atoms with Crippen LogP contribution in [0.3, 0.4) is 0 Å². The molecule has 0 aromatic carbocycles. The molecule has 0 bridgehead atoms. The van der Waals surface area contributed by atoms with Gasteiger partial charge in [-0.2, -0.15) is 0 Å². The van der Waals surface area contributed by atoms with Crippen LogP contribution in [-0.4, -0.2) is 68.5 Å². The molecule has 0 spiro atoms. The number of likely N-dealkylation sites (N-methyl/N-ethyl adjacent to an activating group) is 1. The molecule has 0 aliphatic rings. The predicted octanol–water partition coefficient (Wildman–Crippen LogP) is 12.2. The van der Waals surface area contributed by atoms with Crippen molar-refractivity contribution in [3.8, 4) is 0 Å². The smallest absolute Gasteiger partial charge is 0.268 e. The van der Waals surface area contributed by atoms with Crippen molar-refractivity contribution in [3.63, 3.8) is 0 Å². The fourth-order valence-corrected chi connectivity index (χ4v) is 6.82. The number of rotatable bonds is 40. The Morgan fingerprint density at radius 1 is 0.632 bits per heavy atom. The van der Waals surface area contributed by atoms with Gasteiger partial charge in [-0.1, -0.05) is 177 Å². The second kappa shape index (κ2) is 39.4. The van der Waals surface area contributed by atoms with E-state index < -0.39 is 20.0 Å². The number of aliphatic hydroxyl groups excluding tert-OH is 1. The van der Waals surface area contributed by atoms with Crippen LogP contribution < -0.4 is 10.2 Å². The van der Waals surface area contributed by atoms with Gasteiger partial charge >= 0.3 is 0 Å². The van der Waals surface area contributed by atoms with Crippen LogP contribution in [0.4, 0.5) is 0 Å². The molecule has 0 saturated carbocycles. The van der Waals surface area contributed by atoms with Gasteiger partial charge in [0.15, 0.2) is 0 Å². The van der Waals surface area contributed by atoms with Crippen LogP contribution in [-0.2, 0) is 18.4 Å². The van der Waals surface area contributed by atoms with E-state index in [1.807, 2.05) is 21.1 Å². The Balaban J connectivity index is 4.05. The second-order valence-corrected chi connectivity index (χ2v) is 17.8. The Morgan fingerprint density at radius 3 is 1.56 bits per heavy atom. The molecule has 3 unspecified atom stereocenters. The molecule has 0 aromatic heterocycles. The summed E-state index contributed by atoms with van der Waals surface area (Å²) >= 11 is 0. The summed E-state index contributed by atoms with van der Waals surface area (Å²) < 4.78 is 23.1. The van der Waals surface area contributed by atoms with E-state index in [1.165, 1.54) is 64.2 Å². The number of phosphoric ester groups is 1. The molecular weight excluding hydrogens is 732 g/mol. The number of carbonyl (C=O) groups excluding carboxylic acids is 1. The van der Waals surface area contributed by atoms with Gasteiger partial charge in [0.2, 0.25) is 5.91 Å². The first-order valence-electron chi connectivity index (χ1n) is 22.8. The van der Waals surface area contributed by atoms with E-state index in [0.717, 1.165) is 83.5 Å². The third kappa shape index (κ3) is 41.9. The van der Waals surface area contributed by atoms with Crippen molar-refractivity contribution in [3.05, 3.63) is 72.9 Å². The number of phosphoric acid groups is 1. The van der Waals surface area contributed by atoms with E-state index in [4.69, 9.17) is 9.05 Å². The van der Waals surface area contributed by atoms with Crippen LogP contribution >= 0.6 is 7.82 Å². The van der Waals surface area contributed by atoms with Crippen molar-refractivity contribution in [1.82, 2.24) is 5.32 Å². The summed E-state index contributed by atoms with van der Waals surface area (Å²) in [6.45, 7) is 4.51. The van der Waals surface area contributed by atoms with E-state index in [1.54, 1.807) is 0 Å². The molecule has 0 fully saturated rings. The van der Waals surface area contributed by atoms with E-state index in [0.29, 0.717) is 23.9 Å². The fourth-order valence-electron chi connectivity index (χ4n) is 6.10. The third-order valence-electron chi connectivity index (χ3n) is 9.71. The standard InChI is InChI=1S/C48H87N2O6P/c1-6-8-10-12-14-15-16-17-18-19-20-21-22-23-24-25-26-27-28-29-30-31-32-33-34-35-36-38-40-42-48(52)49-46(47(51)41-39-37-13-11-9-7-2)45-56-57(53,54)55-44-43-50(3,4)5/h8,10,14-15,17-18,20-21,23-24,26-27,46-47,51H,6-7,9,11-13,16,19,22,25,28-45H2,1-5H3,(H-,49,52,53,54)/b10-8-,15-14-,18-17-,21-20-,24-23-,27-26-.